The van der Waals surface area contributed by atoms with Gasteiger partial charge in [0.1, 0.15) is 5.82 Å². The van der Waals surface area contributed by atoms with Gasteiger partial charge in [-0.3, -0.25) is 4.79 Å². The standard InChI is InChI=1S/C26H25FN4O3S/c1-2-29-35(33,34)22-14-7-19(8-15-22)9-16-26(32)30-24(20-10-12-21(27)13-11-20)17-31-18-28-23-5-3-4-6-25(23)31/h3-16,18,24,29H,2,17H2,1H3,(H,30,32). The second kappa shape index (κ2) is 10.6. The van der Waals surface area contributed by atoms with Crippen LogP contribution in [0.2, 0.25) is 0 Å². The Morgan fingerprint density at radius 3 is 2.49 bits per heavy atom. The van der Waals surface area contributed by atoms with E-state index in [2.05, 4.69) is 15.0 Å². The molecular weight excluding hydrogens is 467 g/mol. The molecule has 1 heterocycles. The van der Waals surface area contributed by atoms with Crippen LogP contribution in [-0.2, 0) is 21.4 Å². The molecule has 0 bridgehead atoms. The van der Waals surface area contributed by atoms with E-state index in [9.17, 15) is 17.6 Å². The Morgan fingerprint density at radius 2 is 1.77 bits per heavy atom. The van der Waals surface area contributed by atoms with Gasteiger partial charge in [-0.25, -0.2) is 22.5 Å². The van der Waals surface area contributed by atoms with Crippen LogP contribution in [0.1, 0.15) is 24.1 Å². The number of rotatable bonds is 9. The average molecular weight is 493 g/mol. The molecule has 0 spiro atoms. The third kappa shape index (κ3) is 6.00. The Labute approximate surface area is 203 Å². The first kappa shape index (κ1) is 24.3. The number of aromatic nitrogens is 2. The number of fused-ring (bicyclic) bond motifs is 1. The maximum Gasteiger partial charge on any atom is 0.244 e. The summed E-state index contributed by atoms with van der Waals surface area (Å²) in [6.45, 7) is 2.42. The lowest BCUT2D eigenvalue weighted by Gasteiger charge is -2.19. The molecule has 0 saturated carbocycles. The summed E-state index contributed by atoms with van der Waals surface area (Å²) < 4.78 is 42.0. The molecule has 1 amide bonds. The first-order valence-corrected chi connectivity index (χ1v) is 12.6. The summed E-state index contributed by atoms with van der Waals surface area (Å²) in [6.07, 6.45) is 4.70. The van der Waals surface area contributed by atoms with Crippen molar-refractivity contribution in [3.05, 3.63) is 102 Å². The van der Waals surface area contributed by atoms with E-state index in [0.717, 1.165) is 16.6 Å². The zero-order valence-corrected chi connectivity index (χ0v) is 19.9. The highest BCUT2D eigenvalue weighted by Crippen LogP contribution is 2.20. The molecule has 35 heavy (non-hydrogen) atoms. The number of imidazole rings is 1. The lowest BCUT2D eigenvalue weighted by atomic mass is 10.1. The fourth-order valence-corrected chi connectivity index (χ4v) is 4.75. The monoisotopic (exact) mass is 492 g/mol. The maximum atomic E-state index is 13.5. The molecule has 180 valence electrons. The number of sulfonamides is 1. The summed E-state index contributed by atoms with van der Waals surface area (Å²) in [6, 6.07) is 19.5. The van der Waals surface area contributed by atoms with Crippen LogP contribution in [0.5, 0.6) is 0 Å². The maximum absolute atomic E-state index is 13.5. The minimum atomic E-state index is -3.54. The molecule has 1 unspecified atom stereocenters. The lowest BCUT2D eigenvalue weighted by molar-refractivity contribution is -0.117. The molecule has 3 aromatic carbocycles. The van der Waals surface area contributed by atoms with Crippen molar-refractivity contribution in [1.29, 1.82) is 0 Å². The fourth-order valence-electron chi connectivity index (χ4n) is 3.71. The van der Waals surface area contributed by atoms with Crippen molar-refractivity contribution in [3.8, 4) is 0 Å². The first-order chi connectivity index (χ1) is 16.9. The van der Waals surface area contributed by atoms with Crippen LogP contribution in [0.3, 0.4) is 0 Å². The van der Waals surface area contributed by atoms with E-state index < -0.39 is 16.1 Å². The van der Waals surface area contributed by atoms with Crippen LogP contribution in [0.25, 0.3) is 17.1 Å². The highest BCUT2D eigenvalue weighted by atomic mass is 32.2. The molecule has 4 rings (SSSR count). The number of hydrogen-bond acceptors (Lipinski definition) is 4. The van der Waals surface area contributed by atoms with Gasteiger partial charge in [0.05, 0.1) is 28.3 Å². The second-order valence-corrected chi connectivity index (χ2v) is 9.67. The normalized spacial score (nSPS) is 12.7. The highest BCUT2D eigenvalue weighted by Gasteiger charge is 2.16. The average Bonchev–Trinajstić information content (AvgIpc) is 3.26. The summed E-state index contributed by atoms with van der Waals surface area (Å²) in [5.74, 6) is -0.695. The SMILES string of the molecule is CCNS(=O)(=O)c1ccc(C=CC(=O)NC(Cn2cnc3ccccc32)c2ccc(F)cc2)cc1. The van der Waals surface area contributed by atoms with E-state index >= 15 is 0 Å². The van der Waals surface area contributed by atoms with Crippen molar-refractivity contribution in [2.75, 3.05) is 6.54 Å². The number of nitrogens with zero attached hydrogens (tertiary/aromatic N) is 2. The van der Waals surface area contributed by atoms with Gasteiger partial charge in [0.15, 0.2) is 0 Å². The Kier molecular flexibility index (Phi) is 7.38. The van der Waals surface area contributed by atoms with E-state index in [1.807, 2.05) is 28.8 Å². The lowest BCUT2D eigenvalue weighted by Crippen LogP contribution is -2.30. The van der Waals surface area contributed by atoms with Crippen molar-refractivity contribution in [1.82, 2.24) is 19.6 Å². The quantitative estimate of drug-likeness (QED) is 0.345. The largest absolute Gasteiger partial charge is 0.344 e. The summed E-state index contributed by atoms with van der Waals surface area (Å²) >= 11 is 0. The van der Waals surface area contributed by atoms with Gasteiger partial charge >= 0.3 is 0 Å². The third-order valence-electron chi connectivity index (χ3n) is 5.45. The molecule has 0 radical (unpaired) electrons. The molecule has 9 heteroatoms. The molecule has 1 aromatic heterocycles. The molecule has 0 saturated heterocycles. The first-order valence-electron chi connectivity index (χ1n) is 11.1. The van der Waals surface area contributed by atoms with E-state index in [1.165, 1.54) is 30.3 Å². The molecule has 7 nitrogen and oxygen atoms in total. The zero-order valence-electron chi connectivity index (χ0n) is 19.1. The van der Waals surface area contributed by atoms with E-state index in [1.54, 1.807) is 43.6 Å². The summed E-state index contributed by atoms with van der Waals surface area (Å²) in [5, 5.41) is 2.98. The second-order valence-electron chi connectivity index (χ2n) is 7.90. The van der Waals surface area contributed by atoms with Gasteiger partial charge in [-0.05, 0) is 53.6 Å². The fraction of sp³-hybridized carbons (Fsp3) is 0.154. The van der Waals surface area contributed by atoms with Gasteiger partial charge in [0.2, 0.25) is 15.9 Å². The van der Waals surface area contributed by atoms with Gasteiger partial charge in [0.25, 0.3) is 0 Å². The van der Waals surface area contributed by atoms with Crippen LogP contribution >= 0.6 is 0 Å². The molecule has 2 N–H and O–H groups in total. The van der Waals surface area contributed by atoms with Gasteiger partial charge in [-0.2, -0.15) is 0 Å². The molecule has 0 fully saturated rings. The number of carbonyl (C=O) groups is 1. The van der Waals surface area contributed by atoms with Gasteiger partial charge < -0.3 is 9.88 Å². The minimum absolute atomic E-state index is 0.157. The van der Waals surface area contributed by atoms with Gasteiger partial charge in [0, 0.05) is 19.2 Å². The number of amides is 1. The molecule has 0 aliphatic carbocycles. The molecule has 1 atom stereocenters. The number of halogens is 1. The summed E-state index contributed by atoms with van der Waals surface area (Å²) in [4.78, 5) is 17.3. The Balaban J connectivity index is 1.51. The number of carbonyl (C=O) groups excluding carboxylic acids is 1. The van der Waals surface area contributed by atoms with E-state index in [4.69, 9.17) is 0 Å². The van der Waals surface area contributed by atoms with Gasteiger partial charge in [-0.1, -0.05) is 43.3 Å². The zero-order chi connectivity index (χ0) is 24.8. The predicted molar refractivity (Wildman–Crippen MR) is 133 cm³/mol. The third-order valence-corrected chi connectivity index (χ3v) is 7.01. The number of benzene rings is 3. The van der Waals surface area contributed by atoms with Crippen molar-refractivity contribution < 1.29 is 17.6 Å². The van der Waals surface area contributed by atoms with Crippen molar-refractivity contribution in [3.63, 3.8) is 0 Å². The summed E-state index contributed by atoms with van der Waals surface area (Å²) in [5.41, 5.74) is 3.20. The van der Waals surface area contributed by atoms with Gasteiger partial charge in [-0.15, -0.1) is 0 Å². The Hall–Kier alpha value is -3.82. The summed E-state index contributed by atoms with van der Waals surface area (Å²) in [7, 11) is -3.54. The topological polar surface area (TPSA) is 93.1 Å². The molecule has 0 aliphatic heterocycles. The molecular formula is C26H25FN4O3S. The Bertz CT molecular complexity index is 1450. The number of para-hydroxylation sites is 2. The van der Waals surface area contributed by atoms with E-state index in [0.29, 0.717) is 18.7 Å². The number of nitrogens with one attached hydrogen (secondary N) is 2. The van der Waals surface area contributed by atoms with Crippen molar-refractivity contribution in [2.24, 2.45) is 0 Å². The van der Waals surface area contributed by atoms with Crippen LogP contribution in [0.4, 0.5) is 4.39 Å². The Morgan fingerprint density at radius 1 is 1.06 bits per heavy atom. The van der Waals surface area contributed by atoms with Crippen LogP contribution in [0, 0.1) is 5.82 Å². The molecule has 0 aliphatic rings. The molecule has 4 aromatic rings. The van der Waals surface area contributed by atoms with Crippen LogP contribution in [-0.4, -0.2) is 30.4 Å². The number of hydrogen-bond donors (Lipinski definition) is 2. The predicted octanol–water partition coefficient (Wildman–Crippen LogP) is 4.04. The van der Waals surface area contributed by atoms with Crippen LogP contribution < -0.4 is 10.0 Å². The van der Waals surface area contributed by atoms with Crippen molar-refractivity contribution in [2.45, 2.75) is 24.4 Å². The smallest absolute Gasteiger partial charge is 0.244 e. The van der Waals surface area contributed by atoms with Crippen LogP contribution in [0.15, 0.2) is 90.1 Å². The van der Waals surface area contributed by atoms with Crippen molar-refractivity contribution >= 4 is 33.0 Å². The van der Waals surface area contributed by atoms with E-state index in [-0.39, 0.29) is 16.6 Å². The minimum Gasteiger partial charge on any atom is -0.344 e. The highest BCUT2D eigenvalue weighted by molar-refractivity contribution is 7.89.